The van der Waals surface area contributed by atoms with Gasteiger partial charge in [-0.2, -0.15) is 5.26 Å². The number of carbonyl (C=O) groups excluding carboxylic acids is 2. The van der Waals surface area contributed by atoms with Gasteiger partial charge in [-0.05, 0) is 64.7 Å². The summed E-state index contributed by atoms with van der Waals surface area (Å²) in [4.78, 5) is 28.0. The minimum absolute atomic E-state index is 0.00115. The number of nitrogens with one attached hydrogen (secondary N) is 1. The van der Waals surface area contributed by atoms with E-state index in [1.807, 2.05) is 6.07 Å². The minimum Gasteiger partial charge on any atom is -0.447 e. The summed E-state index contributed by atoms with van der Waals surface area (Å²) in [5.41, 5.74) is -0.385. The largest absolute Gasteiger partial charge is 0.475 e. The van der Waals surface area contributed by atoms with E-state index in [1.54, 1.807) is 6.92 Å². The Hall–Kier alpha value is -2.82. The van der Waals surface area contributed by atoms with Crippen LogP contribution in [0.1, 0.15) is 59.4 Å². The summed E-state index contributed by atoms with van der Waals surface area (Å²) in [6, 6.07) is 7.11. The third-order valence-corrected chi connectivity index (χ3v) is 7.92. The van der Waals surface area contributed by atoms with Crippen LogP contribution in [0, 0.1) is 23.1 Å². The molecule has 0 aromatic heterocycles. The van der Waals surface area contributed by atoms with Crippen molar-refractivity contribution in [1.29, 1.82) is 5.26 Å². The fourth-order valence-electron chi connectivity index (χ4n) is 4.86. The lowest BCUT2D eigenvalue weighted by atomic mass is 9.76. The molecule has 2 aliphatic heterocycles. The summed E-state index contributed by atoms with van der Waals surface area (Å²) < 4.78 is 44.9. The van der Waals surface area contributed by atoms with Gasteiger partial charge in [0.2, 0.25) is 5.91 Å². The van der Waals surface area contributed by atoms with Crippen molar-refractivity contribution in [2.75, 3.05) is 26.2 Å². The quantitative estimate of drug-likeness (QED) is 0.382. The van der Waals surface area contributed by atoms with Gasteiger partial charge in [-0.25, -0.2) is 18.0 Å². The fraction of sp³-hybridized carbons (Fsp3) is 0.679. The SMILES string of the molecule is CC(C#N)C(=O)N1C[C@@H](F)C[C@]1(C)COC(=O)N[C@@H](Cc1ccc(F)cc1)B(O)O.CCC(C)(C)N1CC[C@@H](F)C1. The van der Waals surface area contributed by atoms with Crippen LogP contribution < -0.4 is 5.32 Å². The number of amides is 2. The van der Waals surface area contributed by atoms with E-state index < -0.39 is 54.7 Å². The van der Waals surface area contributed by atoms with E-state index in [-0.39, 0.29) is 31.5 Å². The van der Waals surface area contributed by atoms with E-state index in [2.05, 4.69) is 31.0 Å². The number of hydrogen-bond donors (Lipinski definition) is 3. The van der Waals surface area contributed by atoms with Gasteiger partial charge < -0.3 is 25.0 Å². The monoisotopic (exact) mass is 582 g/mol. The average Bonchev–Trinajstić information content (AvgIpc) is 3.50. The number of benzene rings is 1. The van der Waals surface area contributed by atoms with E-state index in [4.69, 9.17) is 10.00 Å². The van der Waals surface area contributed by atoms with Crippen molar-refractivity contribution in [2.24, 2.45) is 5.92 Å². The van der Waals surface area contributed by atoms with Crippen LogP contribution in [0.4, 0.5) is 18.0 Å². The summed E-state index contributed by atoms with van der Waals surface area (Å²) in [6.45, 7) is 10.5. The first-order valence-electron chi connectivity index (χ1n) is 13.9. The van der Waals surface area contributed by atoms with Crippen molar-refractivity contribution < 1.29 is 37.5 Å². The summed E-state index contributed by atoms with van der Waals surface area (Å²) in [6.07, 6.45) is -1.13. The number of carbonyl (C=O) groups is 2. The predicted octanol–water partition coefficient (Wildman–Crippen LogP) is 3.18. The lowest BCUT2D eigenvalue weighted by molar-refractivity contribution is -0.138. The molecule has 0 radical (unpaired) electrons. The predicted molar refractivity (Wildman–Crippen MR) is 148 cm³/mol. The number of halogens is 3. The Labute approximate surface area is 240 Å². The number of alkyl carbamates (subject to hydrolysis) is 1. The van der Waals surface area contributed by atoms with Gasteiger partial charge in [0.05, 0.1) is 24.1 Å². The van der Waals surface area contributed by atoms with Crippen LogP contribution >= 0.6 is 0 Å². The second-order valence-electron chi connectivity index (χ2n) is 11.7. The van der Waals surface area contributed by atoms with Gasteiger partial charge in [0, 0.05) is 25.0 Å². The van der Waals surface area contributed by atoms with Crippen LogP contribution in [-0.4, -0.2) is 94.6 Å². The molecular weight excluding hydrogens is 540 g/mol. The molecule has 0 aliphatic carbocycles. The van der Waals surface area contributed by atoms with Gasteiger partial charge in [0.25, 0.3) is 0 Å². The number of nitriles is 1. The third kappa shape index (κ3) is 9.90. The molecule has 1 aromatic rings. The number of rotatable bonds is 9. The standard InChI is InChI=1S/C19H24BF2N3O5.C9H18FN/c1-12(9-23)17(26)25-10-15(22)8-19(25,2)11-30-18(27)24-16(20(28)29)7-13-3-5-14(21)6-4-13;1-4-9(2,3)11-6-5-8(10)7-11/h3-6,12,15-16,28-29H,7-8,10-11H2,1-2H3,(H,24,27);8H,4-7H2,1-3H3/t12?,15-,16-,19+;8-/m01/s1. The summed E-state index contributed by atoms with van der Waals surface area (Å²) in [5, 5.41) is 30.3. The molecule has 228 valence electrons. The Kier molecular flexibility index (Phi) is 12.5. The van der Waals surface area contributed by atoms with Crippen LogP contribution in [0.5, 0.6) is 0 Å². The molecule has 0 bridgehead atoms. The van der Waals surface area contributed by atoms with Crippen molar-refractivity contribution in [3.05, 3.63) is 35.6 Å². The highest BCUT2D eigenvalue weighted by atomic mass is 19.1. The first-order chi connectivity index (χ1) is 19.1. The zero-order valence-electron chi connectivity index (χ0n) is 24.4. The van der Waals surface area contributed by atoms with Gasteiger partial charge >= 0.3 is 13.2 Å². The Balaban J connectivity index is 0.000000446. The van der Waals surface area contributed by atoms with E-state index in [1.165, 1.54) is 36.1 Å². The van der Waals surface area contributed by atoms with Gasteiger partial charge in [-0.1, -0.05) is 19.1 Å². The molecule has 2 amide bonds. The van der Waals surface area contributed by atoms with Crippen LogP contribution in [0.15, 0.2) is 24.3 Å². The van der Waals surface area contributed by atoms with Gasteiger partial charge in [-0.3, -0.25) is 9.69 Å². The van der Waals surface area contributed by atoms with Crippen molar-refractivity contribution >= 4 is 19.1 Å². The fourth-order valence-corrected chi connectivity index (χ4v) is 4.86. The molecule has 9 nitrogen and oxygen atoms in total. The minimum atomic E-state index is -1.91. The molecule has 1 aromatic carbocycles. The highest BCUT2D eigenvalue weighted by molar-refractivity contribution is 6.43. The molecule has 3 rings (SSSR count). The summed E-state index contributed by atoms with van der Waals surface area (Å²) in [5.74, 6) is -3.10. The molecule has 2 aliphatic rings. The number of likely N-dealkylation sites (tertiary alicyclic amines) is 2. The maximum absolute atomic E-state index is 14.0. The maximum Gasteiger partial charge on any atom is 0.475 e. The first kappa shape index (κ1) is 34.4. The highest BCUT2D eigenvalue weighted by Crippen LogP contribution is 2.32. The number of ether oxygens (including phenoxy) is 1. The van der Waals surface area contributed by atoms with E-state index in [0.717, 1.165) is 19.4 Å². The normalized spacial score (nSPS) is 24.1. The van der Waals surface area contributed by atoms with Crippen molar-refractivity contribution in [2.45, 2.75) is 89.7 Å². The Morgan fingerprint density at radius 2 is 1.88 bits per heavy atom. The van der Waals surface area contributed by atoms with Crippen LogP contribution in [0.3, 0.4) is 0 Å². The molecule has 1 unspecified atom stereocenters. The molecule has 41 heavy (non-hydrogen) atoms. The van der Waals surface area contributed by atoms with Crippen molar-refractivity contribution in [3.8, 4) is 6.07 Å². The maximum atomic E-state index is 14.0. The van der Waals surface area contributed by atoms with Crippen molar-refractivity contribution in [3.63, 3.8) is 0 Å². The Morgan fingerprint density at radius 3 is 2.39 bits per heavy atom. The average molecular weight is 582 g/mol. The van der Waals surface area contributed by atoms with Gasteiger partial charge in [-0.15, -0.1) is 0 Å². The Morgan fingerprint density at radius 1 is 1.24 bits per heavy atom. The molecule has 13 heteroatoms. The van der Waals surface area contributed by atoms with Gasteiger partial charge in [0.1, 0.15) is 30.7 Å². The van der Waals surface area contributed by atoms with Gasteiger partial charge in [0.15, 0.2) is 0 Å². The molecular formula is C28H42BF3N4O5. The Bertz CT molecular complexity index is 1060. The van der Waals surface area contributed by atoms with Crippen LogP contribution in [0.2, 0.25) is 0 Å². The van der Waals surface area contributed by atoms with E-state index in [0.29, 0.717) is 12.1 Å². The smallest absolute Gasteiger partial charge is 0.447 e. The number of nitrogens with zero attached hydrogens (tertiary/aromatic N) is 3. The summed E-state index contributed by atoms with van der Waals surface area (Å²) >= 11 is 0. The zero-order chi connectivity index (χ0) is 31.0. The zero-order valence-corrected chi connectivity index (χ0v) is 24.4. The topological polar surface area (TPSA) is 126 Å². The molecule has 5 atom stereocenters. The van der Waals surface area contributed by atoms with E-state index >= 15 is 0 Å². The third-order valence-electron chi connectivity index (χ3n) is 7.92. The molecule has 0 saturated carbocycles. The lowest BCUT2D eigenvalue weighted by Crippen LogP contribution is -2.52. The molecule has 0 spiro atoms. The van der Waals surface area contributed by atoms with E-state index in [9.17, 15) is 32.8 Å². The number of alkyl halides is 2. The molecule has 2 fully saturated rings. The number of hydrogen-bond acceptors (Lipinski definition) is 7. The molecule has 2 heterocycles. The summed E-state index contributed by atoms with van der Waals surface area (Å²) in [7, 11) is -1.91. The van der Waals surface area contributed by atoms with Crippen molar-refractivity contribution in [1.82, 2.24) is 15.1 Å². The second kappa shape index (κ2) is 14.9. The lowest BCUT2D eigenvalue weighted by Gasteiger charge is -2.35. The second-order valence-corrected chi connectivity index (χ2v) is 11.7. The molecule has 2 saturated heterocycles. The van der Waals surface area contributed by atoms with Crippen LogP contribution in [0.25, 0.3) is 0 Å². The van der Waals surface area contributed by atoms with Crippen LogP contribution in [-0.2, 0) is 16.0 Å². The first-order valence-corrected chi connectivity index (χ1v) is 13.9. The molecule has 3 N–H and O–H groups in total. The highest BCUT2D eigenvalue weighted by Gasteiger charge is 2.47.